The summed E-state index contributed by atoms with van der Waals surface area (Å²) in [7, 11) is 0. The van der Waals surface area contributed by atoms with Crippen molar-refractivity contribution in [3.8, 4) is 0 Å². The first-order valence-electron chi connectivity index (χ1n) is 8.33. The van der Waals surface area contributed by atoms with Crippen LogP contribution in [0.25, 0.3) is 0 Å². The fourth-order valence-electron chi connectivity index (χ4n) is 3.67. The molecule has 1 saturated carbocycles. The van der Waals surface area contributed by atoms with Crippen LogP contribution in [0.2, 0.25) is 0 Å². The van der Waals surface area contributed by atoms with Gasteiger partial charge in [-0.3, -0.25) is 4.90 Å². The van der Waals surface area contributed by atoms with Crippen molar-refractivity contribution in [2.45, 2.75) is 83.5 Å². The van der Waals surface area contributed by atoms with Gasteiger partial charge in [-0.2, -0.15) is 0 Å². The van der Waals surface area contributed by atoms with Crippen molar-refractivity contribution >= 4 is 0 Å². The Labute approximate surface area is 119 Å². The van der Waals surface area contributed by atoms with E-state index in [1.54, 1.807) is 0 Å². The van der Waals surface area contributed by atoms with Gasteiger partial charge in [0.15, 0.2) is 0 Å². The SMILES string of the molecule is CCCC(CNC(C)C)N1CCOC2CCCCC21. The van der Waals surface area contributed by atoms with Gasteiger partial charge >= 0.3 is 0 Å². The summed E-state index contributed by atoms with van der Waals surface area (Å²) in [5.74, 6) is 0. The summed E-state index contributed by atoms with van der Waals surface area (Å²) in [5.41, 5.74) is 0. The van der Waals surface area contributed by atoms with Crippen LogP contribution in [0.15, 0.2) is 0 Å². The quantitative estimate of drug-likeness (QED) is 0.801. The third-order valence-electron chi connectivity index (χ3n) is 4.63. The molecule has 3 atom stereocenters. The first-order valence-corrected chi connectivity index (χ1v) is 8.33. The first-order chi connectivity index (χ1) is 9.22. The Kier molecular flexibility index (Phi) is 6.11. The minimum Gasteiger partial charge on any atom is -0.375 e. The maximum atomic E-state index is 6.00. The van der Waals surface area contributed by atoms with Crippen LogP contribution in [-0.4, -0.2) is 48.8 Å². The van der Waals surface area contributed by atoms with Crippen LogP contribution in [0.1, 0.15) is 59.3 Å². The first kappa shape index (κ1) is 15.3. The van der Waals surface area contributed by atoms with Gasteiger partial charge in [-0.25, -0.2) is 0 Å². The lowest BCUT2D eigenvalue weighted by atomic mass is 9.88. The molecule has 3 nitrogen and oxygen atoms in total. The highest BCUT2D eigenvalue weighted by Gasteiger charge is 2.37. The number of nitrogens with one attached hydrogen (secondary N) is 1. The molecule has 2 fully saturated rings. The maximum Gasteiger partial charge on any atom is 0.0731 e. The van der Waals surface area contributed by atoms with Gasteiger partial charge in [-0.05, 0) is 19.3 Å². The van der Waals surface area contributed by atoms with Gasteiger partial charge in [0.1, 0.15) is 0 Å². The number of hydrogen-bond donors (Lipinski definition) is 1. The standard InChI is InChI=1S/C16H32N2O/c1-4-7-14(12-17-13(2)3)18-10-11-19-16-9-6-5-8-15(16)18/h13-17H,4-12H2,1-3H3. The minimum absolute atomic E-state index is 0.515. The van der Waals surface area contributed by atoms with Crippen molar-refractivity contribution < 1.29 is 4.74 Å². The van der Waals surface area contributed by atoms with Gasteiger partial charge in [-0.1, -0.05) is 40.0 Å². The van der Waals surface area contributed by atoms with Crippen molar-refractivity contribution in [1.29, 1.82) is 0 Å². The van der Waals surface area contributed by atoms with Crippen LogP contribution < -0.4 is 5.32 Å². The van der Waals surface area contributed by atoms with Crippen molar-refractivity contribution in [3.05, 3.63) is 0 Å². The van der Waals surface area contributed by atoms with E-state index in [9.17, 15) is 0 Å². The molecule has 2 rings (SSSR count). The van der Waals surface area contributed by atoms with Gasteiger partial charge in [0.05, 0.1) is 12.7 Å². The monoisotopic (exact) mass is 268 g/mol. The smallest absolute Gasteiger partial charge is 0.0731 e. The second-order valence-corrected chi connectivity index (χ2v) is 6.50. The van der Waals surface area contributed by atoms with Crippen molar-refractivity contribution in [1.82, 2.24) is 10.2 Å². The zero-order valence-corrected chi connectivity index (χ0v) is 13.0. The third-order valence-corrected chi connectivity index (χ3v) is 4.63. The molecule has 0 bridgehead atoms. The summed E-state index contributed by atoms with van der Waals surface area (Å²) >= 11 is 0. The van der Waals surface area contributed by atoms with Crippen molar-refractivity contribution in [2.24, 2.45) is 0 Å². The Balaban J connectivity index is 1.97. The number of morpholine rings is 1. The van der Waals surface area contributed by atoms with E-state index in [-0.39, 0.29) is 0 Å². The molecule has 0 aromatic heterocycles. The highest BCUT2D eigenvalue weighted by molar-refractivity contribution is 4.91. The van der Waals surface area contributed by atoms with E-state index in [2.05, 4.69) is 31.0 Å². The molecule has 1 aliphatic carbocycles. The summed E-state index contributed by atoms with van der Waals surface area (Å²) in [6.45, 7) is 9.99. The Bertz CT molecular complexity index is 255. The van der Waals surface area contributed by atoms with Crippen molar-refractivity contribution in [3.63, 3.8) is 0 Å². The molecule has 1 N–H and O–H groups in total. The van der Waals surface area contributed by atoms with Crippen LogP contribution in [0.3, 0.4) is 0 Å². The average Bonchev–Trinajstić information content (AvgIpc) is 2.43. The van der Waals surface area contributed by atoms with E-state index in [1.165, 1.54) is 38.5 Å². The topological polar surface area (TPSA) is 24.5 Å². The summed E-state index contributed by atoms with van der Waals surface area (Å²) in [4.78, 5) is 2.77. The molecule has 0 amide bonds. The lowest BCUT2D eigenvalue weighted by Crippen LogP contribution is -2.58. The van der Waals surface area contributed by atoms with Crippen LogP contribution in [0.4, 0.5) is 0 Å². The minimum atomic E-state index is 0.515. The normalized spacial score (nSPS) is 30.3. The number of nitrogens with zero attached hydrogens (tertiary/aromatic N) is 1. The molecule has 1 saturated heterocycles. The molecule has 1 aliphatic heterocycles. The van der Waals surface area contributed by atoms with E-state index in [4.69, 9.17) is 4.74 Å². The van der Waals surface area contributed by atoms with E-state index in [1.807, 2.05) is 0 Å². The molecule has 19 heavy (non-hydrogen) atoms. The molecular formula is C16H32N2O. The molecule has 0 radical (unpaired) electrons. The van der Waals surface area contributed by atoms with Crippen LogP contribution in [0.5, 0.6) is 0 Å². The maximum absolute atomic E-state index is 6.00. The molecule has 0 aromatic rings. The Hall–Kier alpha value is -0.120. The van der Waals surface area contributed by atoms with E-state index < -0.39 is 0 Å². The van der Waals surface area contributed by atoms with Gasteiger partial charge < -0.3 is 10.1 Å². The third kappa shape index (κ3) is 4.17. The summed E-state index contributed by atoms with van der Waals surface area (Å²) < 4.78 is 6.00. The zero-order valence-electron chi connectivity index (χ0n) is 13.0. The van der Waals surface area contributed by atoms with Crippen LogP contribution in [-0.2, 0) is 4.74 Å². The summed E-state index contributed by atoms with van der Waals surface area (Å²) in [6, 6.07) is 1.97. The van der Waals surface area contributed by atoms with E-state index >= 15 is 0 Å². The molecule has 0 aromatic carbocycles. The second kappa shape index (κ2) is 7.61. The lowest BCUT2D eigenvalue weighted by Gasteiger charge is -2.47. The highest BCUT2D eigenvalue weighted by Crippen LogP contribution is 2.30. The molecular weight excluding hydrogens is 236 g/mol. The van der Waals surface area contributed by atoms with Gasteiger partial charge in [0, 0.05) is 31.2 Å². The Morgan fingerprint density at radius 3 is 2.79 bits per heavy atom. The lowest BCUT2D eigenvalue weighted by molar-refractivity contribution is -0.103. The van der Waals surface area contributed by atoms with Gasteiger partial charge in [0.2, 0.25) is 0 Å². The fourth-order valence-corrected chi connectivity index (χ4v) is 3.67. The molecule has 0 spiro atoms. The Morgan fingerprint density at radius 1 is 1.26 bits per heavy atom. The van der Waals surface area contributed by atoms with Gasteiger partial charge in [0.25, 0.3) is 0 Å². The molecule has 3 unspecified atom stereocenters. The summed E-state index contributed by atoms with van der Waals surface area (Å²) in [5, 5.41) is 3.64. The van der Waals surface area contributed by atoms with E-state index in [0.29, 0.717) is 24.2 Å². The predicted molar refractivity (Wildman–Crippen MR) is 80.5 cm³/mol. The second-order valence-electron chi connectivity index (χ2n) is 6.50. The molecule has 1 heterocycles. The van der Waals surface area contributed by atoms with Crippen molar-refractivity contribution in [2.75, 3.05) is 19.7 Å². The fraction of sp³-hybridized carbons (Fsp3) is 1.00. The zero-order chi connectivity index (χ0) is 13.7. The Morgan fingerprint density at radius 2 is 2.05 bits per heavy atom. The number of ether oxygens (including phenoxy) is 1. The predicted octanol–water partition coefficient (Wildman–Crippen LogP) is 2.80. The number of rotatable bonds is 6. The largest absolute Gasteiger partial charge is 0.375 e. The number of fused-ring (bicyclic) bond motifs is 1. The summed E-state index contributed by atoms with van der Waals surface area (Å²) in [6.07, 6.45) is 8.46. The number of hydrogen-bond acceptors (Lipinski definition) is 3. The molecule has 2 aliphatic rings. The van der Waals surface area contributed by atoms with E-state index in [0.717, 1.165) is 19.7 Å². The molecule has 112 valence electrons. The highest BCUT2D eigenvalue weighted by atomic mass is 16.5. The van der Waals surface area contributed by atoms with Crippen LogP contribution >= 0.6 is 0 Å². The van der Waals surface area contributed by atoms with Crippen LogP contribution in [0, 0.1) is 0 Å². The molecule has 3 heteroatoms. The van der Waals surface area contributed by atoms with Gasteiger partial charge in [-0.15, -0.1) is 0 Å². The average molecular weight is 268 g/mol.